The molecular weight excluding hydrogens is 214 g/mol. The maximum atomic E-state index is 12.0. The van der Waals surface area contributed by atoms with Crippen molar-refractivity contribution >= 4 is 5.91 Å². The van der Waals surface area contributed by atoms with E-state index in [1.807, 2.05) is 44.2 Å². The van der Waals surface area contributed by atoms with Crippen LogP contribution < -0.4 is 5.32 Å². The fraction of sp³-hybridized carbons (Fsp3) is 0.500. The Hall–Kier alpha value is -1.35. The van der Waals surface area contributed by atoms with Crippen LogP contribution >= 0.6 is 0 Å². The standard InChI is InChI=1S/C14H21NO2/c1-14(2,9-6-10-16)13(17)15-11-12-7-4-3-5-8-12/h3-5,7-8,16H,6,9-11H2,1-2H3,(H,15,17). The minimum atomic E-state index is -0.419. The summed E-state index contributed by atoms with van der Waals surface area (Å²) in [4.78, 5) is 12.0. The SMILES string of the molecule is CC(C)(CCCO)C(=O)NCc1ccccc1. The molecule has 0 radical (unpaired) electrons. The van der Waals surface area contributed by atoms with E-state index >= 15 is 0 Å². The molecule has 0 aliphatic carbocycles. The van der Waals surface area contributed by atoms with Gasteiger partial charge in [-0.2, -0.15) is 0 Å². The average Bonchev–Trinajstić information content (AvgIpc) is 2.34. The van der Waals surface area contributed by atoms with Gasteiger partial charge in [0, 0.05) is 18.6 Å². The molecule has 0 aliphatic rings. The first kappa shape index (κ1) is 13.7. The van der Waals surface area contributed by atoms with Crippen molar-refractivity contribution < 1.29 is 9.90 Å². The molecule has 0 spiro atoms. The Morgan fingerprint density at radius 2 is 1.94 bits per heavy atom. The summed E-state index contributed by atoms with van der Waals surface area (Å²) < 4.78 is 0. The van der Waals surface area contributed by atoms with Crippen LogP contribution in [0.3, 0.4) is 0 Å². The highest BCUT2D eigenvalue weighted by atomic mass is 16.3. The molecule has 0 heterocycles. The Labute approximate surface area is 103 Å². The molecule has 3 nitrogen and oxygen atoms in total. The van der Waals surface area contributed by atoms with Gasteiger partial charge in [0.15, 0.2) is 0 Å². The minimum absolute atomic E-state index is 0.0369. The quantitative estimate of drug-likeness (QED) is 0.793. The predicted molar refractivity (Wildman–Crippen MR) is 68.4 cm³/mol. The Balaban J connectivity index is 2.44. The molecule has 0 aliphatic heterocycles. The molecule has 3 heteroatoms. The van der Waals surface area contributed by atoms with Crippen LogP contribution in [0.15, 0.2) is 30.3 Å². The Bertz CT molecular complexity index is 346. The predicted octanol–water partition coefficient (Wildman–Crippen LogP) is 2.10. The molecular formula is C14H21NO2. The fourth-order valence-electron chi connectivity index (χ4n) is 1.65. The molecule has 0 saturated heterocycles. The van der Waals surface area contributed by atoms with Gasteiger partial charge in [-0.1, -0.05) is 44.2 Å². The number of carbonyl (C=O) groups is 1. The number of carbonyl (C=O) groups excluding carboxylic acids is 1. The molecule has 0 saturated carbocycles. The van der Waals surface area contributed by atoms with Crippen molar-refractivity contribution in [3.05, 3.63) is 35.9 Å². The lowest BCUT2D eigenvalue weighted by atomic mass is 9.87. The van der Waals surface area contributed by atoms with Crippen LogP contribution in [0.5, 0.6) is 0 Å². The summed E-state index contributed by atoms with van der Waals surface area (Å²) in [6.07, 6.45) is 1.36. The highest BCUT2D eigenvalue weighted by Crippen LogP contribution is 2.22. The number of benzene rings is 1. The van der Waals surface area contributed by atoms with E-state index in [1.165, 1.54) is 0 Å². The van der Waals surface area contributed by atoms with E-state index in [-0.39, 0.29) is 12.5 Å². The number of amides is 1. The van der Waals surface area contributed by atoms with E-state index in [2.05, 4.69) is 5.32 Å². The van der Waals surface area contributed by atoms with Crippen molar-refractivity contribution in [1.29, 1.82) is 0 Å². The summed E-state index contributed by atoms with van der Waals surface area (Å²) in [5, 5.41) is 11.7. The molecule has 0 aromatic heterocycles. The Kier molecular flexibility index (Phi) is 5.16. The van der Waals surface area contributed by atoms with Crippen LogP contribution in [0, 0.1) is 5.41 Å². The largest absolute Gasteiger partial charge is 0.396 e. The zero-order chi connectivity index (χ0) is 12.7. The van der Waals surface area contributed by atoms with Gasteiger partial charge >= 0.3 is 0 Å². The Morgan fingerprint density at radius 3 is 2.53 bits per heavy atom. The van der Waals surface area contributed by atoms with Gasteiger partial charge < -0.3 is 10.4 Å². The first-order valence-electron chi connectivity index (χ1n) is 5.99. The number of aliphatic hydroxyl groups excluding tert-OH is 1. The fourth-order valence-corrected chi connectivity index (χ4v) is 1.65. The zero-order valence-electron chi connectivity index (χ0n) is 10.6. The number of rotatable bonds is 6. The second-order valence-corrected chi connectivity index (χ2v) is 4.88. The van der Waals surface area contributed by atoms with Crippen LogP contribution in [0.2, 0.25) is 0 Å². The van der Waals surface area contributed by atoms with E-state index in [9.17, 15) is 4.79 Å². The second kappa shape index (κ2) is 6.40. The van der Waals surface area contributed by atoms with Gasteiger partial charge in [-0.25, -0.2) is 0 Å². The topological polar surface area (TPSA) is 49.3 Å². The van der Waals surface area contributed by atoms with Crippen molar-refractivity contribution in [1.82, 2.24) is 5.32 Å². The molecule has 94 valence electrons. The van der Waals surface area contributed by atoms with Crippen LogP contribution in [-0.4, -0.2) is 17.6 Å². The number of hydrogen-bond donors (Lipinski definition) is 2. The van der Waals surface area contributed by atoms with Crippen LogP contribution in [0.25, 0.3) is 0 Å². The molecule has 1 aromatic carbocycles. The summed E-state index contributed by atoms with van der Waals surface area (Å²) in [5.41, 5.74) is 0.677. The smallest absolute Gasteiger partial charge is 0.225 e. The molecule has 0 unspecified atom stereocenters. The molecule has 17 heavy (non-hydrogen) atoms. The lowest BCUT2D eigenvalue weighted by molar-refractivity contribution is -0.130. The van der Waals surface area contributed by atoms with Crippen LogP contribution in [0.4, 0.5) is 0 Å². The zero-order valence-corrected chi connectivity index (χ0v) is 10.6. The minimum Gasteiger partial charge on any atom is -0.396 e. The van der Waals surface area contributed by atoms with Crippen LogP contribution in [0.1, 0.15) is 32.3 Å². The highest BCUT2D eigenvalue weighted by Gasteiger charge is 2.26. The van der Waals surface area contributed by atoms with Crippen LogP contribution in [-0.2, 0) is 11.3 Å². The van der Waals surface area contributed by atoms with Crippen molar-refractivity contribution in [2.45, 2.75) is 33.2 Å². The van der Waals surface area contributed by atoms with E-state index in [0.29, 0.717) is 19.4 Å². The van der Waals surface area contributed by atoms with Crippen molar-refractivity contribution in [3.8, 4) is 0 Å². The maximum Gasteiger partial charge on any atom is 0.225 e. The average molecular weight is 235 g/mol. The first-order valence-corrected chi connectivity index (χ1v) is 5.99. The summed E-state index contributed by atoms with van der Waals surface area (Å²) in [6.45, 7) is 4.50. The van der Waals surface area contributed by atoms with Gasteiger partial charge in [0.05, 0.1) is 0 Å². The normalized spacial score (nSPS) is 11.2. The van der Waals surface area contributed by atoms with Gasteiger partial charge in [0.1, 0.15) is 0 Å². The molecule has 0 bridgehead atoms. The molecule has 2 N–H and O–H groups in total. The summed E-state index contributed by atoms with van der Waals surface area (Å²) in [5.74, 6) is 0.0369. The molecule has 1 amide bonds. The second-order valence-electron chi connectivity index (χ2n) is 4.88. The molecule has 0 fully saturated rings. The number of aliphatic hydroxyl groups is 1. The summed E-state index contributed by atoms with van der Waals surface area (Å²) >= 11 is 0. The van der Waals surface area contributed by atoms with E-state index in [4.69, 9.17) is 5.11 Å². The maximum absolute atomic E-state index is 12.0. The van der Waals surface area contributed by atoms with Gasteiger partial charge in [-0.05, 0) is 18.4 Å². The highest BCUT2D eigenvalue weighted by molar-refractivity contribution is 5.81. The summed E-state index contributed by atoms with van der Waals surface area (Å²) in [6, 6.07) is 9.84. The van der Waals surface area contributed by atoms with E-state index in [0.717, 1.165) is 5.56 Å². The van der Waals surface area contributed by atoms with Gasteiger partial charge in [0.25, 0.3) is 0 Å². The Morgan fingerprint density at radius 1 is 1.29 bits per heavy atom. The third kappa shape index (κ3) is 4.57. The number of nitrogens with one attached hydrogen (secondary N) is 1. The third-order valence-electron chi connectivity index (χ3n) is 2.87. The lowest BCUT2D eigenvalue weighted by Gasteiger charge is -2.23. The van der Waals surface area contributed by atoms with E-state index < -0.39 is 5.41 Å². The van der Waals surface area contributed by atoms with Crippen molar-refractivity contribution in [3.63, 3.8) is 0 Å². The van der Waals surface area contributed by atoms with Gasteiger partial charge in [-0.15, -0.1) is 0 Å². The number of hydrogen-bond acceptors (Lipinski definition) is 2. The first-order chi connectivity index (χ1) is 8.06. The lowest BCUT2D eigenvalue weighted by Crippen LogP contribution is -2.36. The van der Waals surface area contributed by atoms with Gasteiger partial charge in [0.2, 0.25) is 5.91 Å². The summed E-state index contributed by atoms with van der Waals surface area (Å²) in [7, 11) is 0. The van der Waals surface area contributed by atoms with Gasteiger partial charge in [-0.3, -0.25) is 4.79 Å². The third-order valence-corrected chi connectivity index (χ3v) is 2.87. The molecule has 0 atom stereocenters. The van der Waals surface area contributed by atoms with Crippen molar-refractivity contribution in [2.24, 2.45) is 5.41 Å². The monoisotopic (exact) mass is 235 g/mol. The molecule has 1 rings (SSSR count). The van der Waals surface area contributed by atoms with E-state index in [1.54, 1.807) is 0 Å². The molecule has 1 aromatic rings. The van der Waals surface area contributed by atoms with Crippen molar-refractivity contribution in [2.75, 3.05) is 6.61 Å².